The van der Waals surface area contributed by atoms with Crippen LogP contribution in [0.25, 0.3) is 0 Å². The van der Waals surface area contributed by atoms with Crippen molar-refractivity contribution < 1.29 is 27.4 Å². The lowest BCUT2D eigenvalue weighted by molar-refractivity contribution is -0.141. The van der Waals surface area contributed by atoms with Crippen molar-refractivity contribution in [3.63, 3.8) is 0 Å². The molecule has 3 unspecified atom stereocenters. The van der Waals surface area contributed by atoms with Crippen molar-refractivity contribution in [2.75, 3.05) is 13.1 Å². The summed E-state index contributed by atoms with van der Waals surface area (Å²) >= 11 is 0. The third-order valence-corrected chi connectivity index (χ3v) is 4.65. The molecule has 0 aromatic heterocycles. The second-order valence-corrected chi connectivity index (χ2v) is 6.94. The SMILES string of the molecule is NCC(N)C(=O)NC(C(=O)NC1CN(S(=O)(=O)O)C1=O)c1ccccc1. The van der Waals surface area contributed by atoms with E-state index in [1.165, 1.54) is 0 Å². The Bertz CT molecular complexity index is 799. The van der Waals surface area contributed by atoms with Crippen molar-refractivity contribution in [1.82, 2.24) is 14.9 Å². The average molecular weight is 385 g/mol. The topological polar surface area (TPSA) is 185 Å². The highest BCUT2D eigenvalue weighted by atomic mass is 32.2. The Morgan fingerprint density at radius 1 is 1.27 bits per heavy atom. The van der Waals surface area contributed by atoms with Crippen LogP contribution in [0, 0.1) is 0 Å². The second-order valence-electron chi connectivity index (χ2n) is 5.60. The Hall–Kier alpha value is -2.54. The summed E-state index contributed by atoms with van der Waals surface area (Å²) in [4.78, 5) is 36.2. The van der Waals surface area contributed by atoms with Crippen LogP contribution >= 0.6 is 0 Å². The molecule has 1 aliphatic heterocycles. The third-order valence-electron chi connectivity index (χ3n) is 3.76. The number of hydrogen-bond donors (Lipinski definition) is 5. The molecule has 0 bridgehead atoms. The Morgan fingerprint density at radius 2 is 1.88 bits per heavy atom. The number of nitrogens with one attached hydrogen (secondary N) is 2. The molecule has 0 aliphatic carbocycles. The van der Waals surface area contributed by atoms with E-state index in [4.69, 9.17) is 16.0 Å². The van der Waals surface area contributed by atoms with Crippen LogP contribution in [0.1, 0.15) is 11.6 Å². The molecule has 142 valence electrons. The van der Waals surface area contributed by atoms with Gasteiger partial charge < -0.3 is 22.1 Å². The van der Waals surface area contributed by atoms with Crippen molar-refractivity contribution in [1.29, 1.82) is 0 Å². The van der Waals surface area contributed by atoms with Gasteiger partial charge in [-0.15, -0.1) is 0 Å². The molecule has 1 aliphatic rings. The monoisotopic (exact) mass is 385 g/mol. The summed E-state index contributed by atoms with van der Waals surface area (Å²) < 4.78 is 30.9. The van der Waals surface area contributed by atoms with Gasteiger partial charge >= 0.3 is 10.3 Å². The molecule has 2 rings (SSSR count). The Balaban J connectivity index is 2.12. The van der Waals surface area contributed by atoms with Gasteiger partial charge in [0.1, 0.15) is 12.1 Å². The number of nitrogens with zero attached hydrogens (tertiary/aromatic N) is 1. The van der Waals surface area contributed by atoms with E-state index in [1.54, 1.807) is 30.3 Å². The van der Waals surface area contributed by atoms with E-state index in [-0.39, 0.29) is 10.8 Å². The van der Waals surface area contributed by atoms with Crippen LogP contribution in [0.15, 0.2) is 30.3 Å². The van der Waals surface area contributed by atoms with Crippen molar-refractivity contribution in [3.8, 4) is 0 Å². The van der Waals surface area contributed by atoms with Crippen molar-refractivity contribution in [2.45, 2.75) is 18.1 Å². The predicted molar refractivity (Wildman–Crippen MR) is 89.5 cm³/mol. The molecule has 11 nitrogen and oxygen atoms in total. The lowest BCUT2D eigenvalue weighted by atomic mass is 10.0. The predicted octanol–water partition coefficient (Wildman–Crippen LogP) is -2.74. The molecular weight excluding hydrogens is 366 g/mol. The fraction of sp³-hybridized carbons (Fsp3) is 0.357. The molecule has 7 N–H and O–H groups in total. The van der Waals surface area contributed by atoms with Crippen LogP contribution in [0.4, 0.5) is 0 Å². The smallest absolute Gasteiger partial charge is 0.341 e. The average Bonchev–Trinajstić information content (AvgIpc) is 2.60. The molecule has 12 heteroatoms. The normalized spacial score (nSPS) is 19.3. The van der Waals surface area contributed by atoms with Gasteiger partial charge in [0.05, 0.1) is 12.6 Å². The summed E-state index contributed by atoms with van der Waals surface area (Å²) in [6.07, 6.45) is 0. The Kier molecular flexibility index (Phi) is 5.92. The zero-order valence-electron chi connectivity index (χ0n) is 13.5. The van der Waals surface area contributed by atoms with Crippen molar-refractivity contribution in [3.05, 3.63) is 35.9 Å². The van der Waals surface area contributed by atoms with Gasteiger partial charge in [0.15, 0.2) is 0 Å². The number of β-lactam (4-membered cyclic amide) rings is 1. The molecule has 3 amide bonds. The second kappa shape index (κ2) is 7.78. The fourth-order valence-corrected chi connectivity index (χ4v) is 2.96. The van der Waals surface area contributed by atoms with Crippen LogP contribution < -0.4 is 22.1 Å². The summed E-state index contributed by atoms with van der Waals surface area (Å²) in [6, 6.07) is 4.89. The minimum atomic E-state index is -4.66. The first kappa shape index (κ1) is 19.8. The first-order chi connectivity index (χ1) is 12.1. The largest absolute Gasteiger partial charge is 0.362 e. The fourth-order valence-electron chi connectivity index (χ4n) is 2.27. The Morgan fingerprint density at radius 3 is 2.38 bits per heavy atom. The van der Waals surface area contributed by atoms with Crippen LogP contribution in [-0.4, -0.2) is 60.2 Å². The van der Waals surface area contributed by atoms with Gasteiger partial charge in [-0.3, -0.25) is 18.9 Å². The van der Waals surface area contributed by atoms with Crippen molar-refractivity contribution >= 4 is 28.0 Å². The van der Waals surface area contributed by atoms with Gasteiger partial charge in [-0.1, -0.05) is 30.3 Å². The molecule has 0 radical (unpaired) electrons. The van der Waals surface area contributed by atoms with Crippen LogP contribution in [-0.2, 0) is 24.7 Å². The van der Waals surface area contributed by atoms with Gasteiger partial charge in [0.25, 0.3) is 5.91 Å². The standard InChI is InChI=1S/C14H19N5O6S/c15-6-9(16)12(20)18-11(8-4-2-1-3-5-8)13(21)17-10-7-19(14(10)22)26(23,24)25/h1-5,9-11H,6-7,15-16H2,(H,17,21)(H,18,20)(H,23,24,25). The van der Waals surface area contributed by atoms with Gasteiger partial charge in [-0.25, -0.2) is 4.31 Å². The minimum Gasteiger partial charge on any atom is -0.341 e. The summed E-state index contributed by atoms with van der Waals surface area (Å²) in [6.45, 7) is -0.527. The van der Waals surface area contributed by atoms with Crippen LogP contribution in [0.3, 0.4) is 0 Å². The summed E-state index contributed by atoms with van der Waals surface area (Å²) in [5.41, 5.74) is 11.3. The number of benzene rings is 1. The lowest BCUT2D eigenvalue weighted by Gasteiger charge is -2.36. The van der Waals surface area contributed by atoms with E-state index in [0.29, 0.717) is 5.56 Å². The molecule has 1 aromatic carbocycles. The highest BCUT2D eigenvalue weighted by Gasteiger charge is 2.45. The zero-order valence-corrected chi connectivity index (χ0v) is 14.3. The number of amides is 3. The number of nitrogens with two attached hydrogens (primary N) is 2. The number of hydrogen-bond acceptors (Lipinski definition) is 7. The zero-order chi connectivity index (χ0) is 19.5. The Labute approximate surface area is 149 Å². The molecule has 1 heterocycles. The van der Waals surface area contributed by atoms with E-state index in [2.05, 4.69) is 10.6 Å². The van der Waals surface area contributed by atoms with Gasteiger partial charge in [-0.2, -0.15) is 8.42 Å². The van der Waals surface area contributed by atoms with Gasteiger partial charge in [-0.05, 0) is 5.56 Å². The molecule has 3 atom stereocenters. The maximum absolute atomic E-state index is 12.5. The molecule has 26 heavy (non-hydrogen) atoms. The molecular formula is C14H19N5O6S. The van der Waals surface area contributed by atoms with E-state index < -0.39 is 52.7 Å². The van der Waals surface area contributed by atoms with Crippen LogP contribution in [0.2, 0.25) is 0 Å². The maximum atomic E-state index is 12.5. The lowest BCUT2D eigenvalue weighted by Crippen LogP contribution is -2.66. The minimum absolute atomic E-state index is 0.126. The molecule has 0 spiro atoms. The van der Waals surface area contributed by atoms with E-state index in [9.17, 15) is 22.8 Å². The molecule has 1 saturated heterocycles. The molecule has 0 saturated carbocycles. The third kappa shape index (κ3) is 4.35. The van der Waals surface area contributed by atoms with E-state index >= 15 is 0 Å². The summed E-state index contributed by atoms with van der Waals surface area (Å²) in [5, 5.41) is 4.78. The quantitative estimate of drug-likeness (QED) is 0.247. The number of rotatable bonds is 7. The van der Waals surface area contributed by atoms with Gasteiger partial charge in [0.2, 0.25) is 11.8 Å². The highest BCUT2D eigenvalue weighted by molar-refractivity contribution is 7.84. The maximum Gasteiger partial charge on any atom is 0.362 e. The van der Waals surface area contributed by atoms with Crippen LogP contribution in [0.5, 0.6) is 0 Å². The molecule has 1 aromatic rings. The van der Waals surface area contributed by atoms with Crippen molar-refractivity contribution in [2.24, 2.45) is 11.5 Å². The van der Waals surface area contributed by atoms with E-state index in [1.807, 2.05) is 0 Å². The molecule has 1 fully saturated rings. The highest BCUT2D eigenvalue weighted by Crippen LogP contribution is 2.17. The van der Waals surface area contributed by atoms with Gasteiger partial charge in [0, 0.05) is 6.54 Å². The summed E-state index contributed by atoms with van der Waals surface area (Å²) in [7, 11) is -4.66. The first-order valence-electron chi connectivity index (χ1n) is 7.55. The van der Waals surface area contributed by atoms with E-state index in [0.717, 1.165) is 0 Å². The number of carbonyl (C=O) groups excluding carboxylic acids is 3. The number of carbonyl (C=O) groups is 3. The first-order valence-corrected chi connectivity index (χ1v) is 8.95. The summed E-state index contributed by atoms with van der Waals surface area (Å²) in [5.74, 6) is -2.37.